The van der Waals surface area contributed by atoms with E-state index in [0.29, 0.717) is 18.1 Å². The summed E-state index contributed by atoms with van der Waals surface area (Å²) in [4.78, 5) is 21.3. The van der Waals surface area contributed by atoms with Gasteiger partial charge < -0.3 is 9.80 Å². The quantitative estimate of drug-likeness (QED) is 0.538. The van der Waals surface area contributed by atoms with Crippen molar-refractivity contribution in [1.82, 2.24) is 24.6 Å². The van der Waals surface area contributed by atoms with Crippen molar-refractivity contribution in [2.45, 2.75) is 32.5 Å². The first-order valence-corrected chi connectivity index (χ1v) is 11.0. The highest BCUT2D eigenvalue weighted by Crippen LogP contribution is 2.39. The molecule has 1 amide bonds. The lowest BCUT2D eigenvalue weighted by Gasteiger charge is -2.42. The third kappa shape index (κ3) is 4.47. The van der Waals surface area contributed by atoms with Crippen LogP contribution < -0.4 is 0 Å². The molecule has 3 aromatic rings. The molecule has 0 unspecified atom stereocenters. The predicted molar refractivity (Wildman–Crippen MR) is 128 cm³/mol. The lowest BCUT2D eigenvalue weighted by molar-refractivity contribution is -0.134. The summed E-state index contributed by atoms with van der Waals surface area (Å²) in [5.74, 6) is 0.0121. The van der Waals surface area contributed by atoms with Crippen LogP contribution in [0.25, 0.3) is 22.4 Å². The summed E-state index contributed by atoms with van der Waals surface area (Å²) in [6.45, 7) is 5.99. The van der Waals surface area contributed by atoms with Crippen molar-refractivity contribution in [3.05, 3.63) is 71.7 Å². The van der Waals surface area contributed by atoms with E-state index in [0.717, 1.165) is 34.6 Å². The zero-order valence-electron chi connectivity index (χ0n) is 18.9. The second-order valence-corrected chi connectivity index (χ2v) is 9.41. The molecule has 1 aliphatic heterocycles. The number of likely N-dealkylation sites (N-methyl/N-ethyl adjacent to an activating group) is 1. The average Bonchev–Trinajstić information content (AvgIpc) is 3.10. The maximum absolute atomic E-state index is 13.1. The first-order valence-electron chi connectivity index (χ1n) is 10.6. The van der Waals surface area contributed by atoms with Gasteiger partial charge in [0.25, 0.3) is 0 Å². The van der Waals surface area contributed by atoms with Gasteiger partial charge in [-0.15, -0.1) is 0 Å². The van der Waals surface area contributed by atoms with Crippen molar-refractivity contribution >= 4 is 17.5 Å². The number of pyridine rings is 1. The molecule has 4 rings (SSSR count). The van der Waals surface area contributed by atoms with Gasteiger partial charge in [-0.2, -0.15) is 5.10 Å². The number of aromatic nitrogens is 3. The summed E-state index contributed by atoms with van der Waals surface area (Å²) in [5, 5.41) is 5.68. The van der Waals surface area contributed by atoms with Gasteiger partial charge in [0, 0.05) is 41.2 Å². The van der Waals surface area contributed by atoms with Gasteiger partial charge in [-0.1, -0.05) is 29.8 Å². The summed E-state index contributed by atoms with van der Waals surface area (Å²) >= 11 is 6.12. The first kappa shape index (κ1) is 22.2. The van der Waals surface area contributed by atoms with Crippen LogP contribution in [-0.2, 0) is 17.9 Å². The zero-order valence-corrected chi connectivity index (χ0v) is 19.7. The third-order valence-corrected chi connectivity index (χ3v) is 5.97. The Labute approximate surface area is 194 Å². The van der Waals surface area contributed by atoms with E-state index in [9.17, 15) is 4.79 Å². The van der Waals surface area contributed by atoms with Gasteiger partial charge in [-0.3, -0.25) is 14.5 Å². The van der Waals surface area contributed by atoms with Crippen LogP contribution >= 0.6 is 11.6 Å². The Morgan fingerprint density at radius 2 is 1.81 bits per heavy atom. The molecule has 0 N–H and O–H groups in total. The normalized spacial score (nSPS) is 15.4. The average molecular weight is 450 g/mol. The molecule has 7 heteroatoms. The monoisotopic (exact) mass is 449 g/mol. The van der Waals surface area contributed by atoms with Crippen molar-refractivity contribution in [3.8, 4) is 22.4 Å². The number of carbonyl (C=O) groups excluding carboxylic acids is 1. The number of amides is 1. The van der Waals surface area contributed by atoms with E-state index in [2.05, 4.69) is 18.8 Å². The number of hydrogen-bond donors (Lipinski definition) is 0. The molecule has 1 aromatic carbocycles. The van der Waals surface area contributed by atoms with E-state index >= 15 is 0 Å². The number of rotatable bonds is 5. The molecule has 0 fully saturated rings. The molecular formula is C25H28ClN5O. The van der Waals surface area contributed by atoms with Crippen molar-refractivity contribution in [1.29, 1.82) is 0 Å². The van der Waals surface area contributed by atoms with Crippen LogP contribution in [0.1, 0.15) is 19.5 Å². The fraction of sp³-hybridized carbons (Fsp3) is 0.320. The highest BCUT2D eigenvalue weighted by molar-refractivity contribution is 6.30. The molecule has 0 saturated heterocycles. The molecule has 0 radical (unpaired) electrons. The topological polar surface area (TPSA) is 54.3 Å². The van der Waals surface area contributed by atoms with E-state index in [-0.39, 0.29) is 11.4 Å². The summed E-state index contributed by atoms with van der Waals surface area (Å²) in [5.41, 5.74) is 4.59. The molecule has 0 saturated carbocycles. The second-order valence-electron chi connectivity index (χ2n) is 8.97. The number of fused-ring (bicyclic) bond motifs is 1. The van der Waals surface area contributed by atoms with Crippen molar-refractivity contribution in [2.24, 2.45) is 0 Å². The molecule has 3 heterocycles. The van der Waals surface area contributed by atoms with Gasteiger partial charge in [0.15, 0.2) is 0 Å². The van der Waals surface area contributed by atoms with E-state index in [1.54, 1.807) is 18.5 Å². The lowest BCUT2D eigenvalue weighted by Crippen LogP contribution is -2.53. The van der Waals surface area contributed by atoms with E-state index in [4.69, 9.17) is 16.7 Å². The Kier molecular flexibility index (Phi) is 6.17. The van der Waals surface area contributed by atoms with Crippen LogP contribution in [0.15, 0.2) is 60.9 Å². The van der Waals surface area contributed by atoms with Gasteiger partial charge in [-0.05, 0) is 57.8 Å². The minimum atomic E-state index is -0.370. The van der Waals surface area contributed by atoms with Gasteiger partial charge in [0.2, 0.25) is 5.91 Å². The zero-order chi connectivity index (χ0) is 22.9. The smallest absolute Gasteiger partial charge is 0.247 e. The van der Waals surface area contributed by atoms with Crippen molar-refractivity contribution in [2.75, 3.05) is 20.6 Å². The number of halogens is 1. The fourth-order valence-corrected chi connectivity index (χ4v) is 4.19. The summed E-state index contributed by atoms with van der Waals surface area (Å²) < 4.78 is 2.05. The first-order chi connectivity index (χ1) is 15.3. The molecule has 0 spiro atoms. The molecule has 1 aliphatic rings. The van der Waals surface area contributed by atoms with Gasteiger partial charge in [0.05, 0.1) is 24.3 Å². The van der Waals surface area contributed by atoms with Crippen molar-refractivity contribution < 1.29 is 4.79 Å². The minimum Gasteiger partial charge on any atom is -0.326 e. The Morgan fingerprint density at radius 3 is 2.47 bits per heavy atom. The van der Waals surface area contributed by atoms with Gasteiger partial charge >= 0.3 is 0 Å². The van der Waals surface area contributed by atoms with Gasteiger partial charge in [0.1, 0.15) is 5.69 Å². The van der Waals surface area contributed by atoms with E-state index in [1.165, 1.54) is 0 Å². The van der Waals surface area contributed by atoms with Crippen LogP contribution in [0.2, 0.25) is 5.02 Å². The Morgan fingerprint density at radius 1 is 1.12 bits per heavy atom. The van der Waals surface area contributed by atoms with E-state index in [1.807, 2.05) is 71.1 Å². The largest absolute Gasteiger partial charge is 0.326 e. The third-order valence-electron chi connectivity index (χ3n) is 5.72. The molecule has 0 atom stereocenters. The summed E-state index contributed by atoms with van der Waals surface area (Å²) in [7, 11) is 3.97. The fourth-order valence-electron chi connectivity index (χ4n) is 4.07. The van der Waals surface area contributed by atoms with Crippen LogP contribution in [0, 0.1) is 0 Å². The number of benzene rings is 1. The van der Waals surface area contributed by atoms with Crippen LogP contribution in [0.3, 0.4) is 0 Å². The molecule has 6 nitrogen and oxygen atoms in total. The highest BCUT2D eigenvalue weighted by atomic mass is 35.5. The van der Waals surface area contributed by atoms with Crippen LogP contribution in [0.4, 0.5) is 0 Å². The van der Waals surface area contributed by atoms with Crippen molar-refractivity contribution in [3.63, 3.8) is 0 Å². The second kappa shape index (κ2) is 8.88. The predicted octanol–water partition coefficient (Wildman–Crippen LogP) is 4.50. The molecular weight excluding hydrogens is 422 g/mol. The molecule has 0 bridgehead atoms. The SMILES string of the molecule is CN(C)C/C=C/C(=O)N1Cc2c(-c3ccncc3)c(-c3ccc(Cl)cc3)nn2CC1(C)C. The number of hydrogen-bond acceptors (Lipinski definition) is 4. The van der Waals surface area contributed by atoms with E-state index < -0.39 is 0 Å². The molecule has 32 heavy (non-hydrogen) atoms. The maximum atomic E-state index is 13.1. The lowest BCUT2D eigenvalue weighted by atomic mass is 9.95. The summed E-state index contributed by atoms with van der Waals surface area (Å²) in [6, 6.07) is 11.7. The van der Waals surface area contributed by atoms with Gasteiger partial charge in [-0.25, -0.2) is 0 Å². The number of nitrogens with zero attached hydrogens (tertiary/aromatic N) is 5. The maximum Gasteiger partial charge on any atom is 0.247 e. The Bertz CT molecular complexity index is 1130. The highest BCUT2D eigenvalue weighted by Gasteiger charge is 2.38. The van der Waals surface area contributed by atoms with Crippen LogP contribution in [-0.4, -0.2) is 56.7 Å². The minimum absolute atomic E-state index is 0.0121. The number of carbonyl (C=O) groups is 1. The summed E-state index contributed by atoms with van der Waals surface area (Å²) in [6.07, 6.45) is 7.16. The standard InChI is InChI=1S/C25H28ClN5O/c1-25(2)17-31-21(16-30(25)22(32)6-5-15-29(3)4)23(18-11-13-27-14-12-18)24(28-31)19-7-9-20(26)10-8-19/h5-14H,15-17H2,1-4H3/b6-5+. The molecule has 0 aliphatic carbocycles. The van der Waals surface area contributed by atoms with Crippen LogP contribution in [0.5, 0.6) is 0 Å². The molecule has 166 valence electrons. The Hall–Kier alpha value is -2.96. The Balaban J connectivity index is 1.80. The molecule has 2 aromatic heterocycles.